The van der Waals surface area contributed by atoms with Crippen molar-refractivity contribution in [3.63, 3.8) is 0 Å². The van der Waals surface area contributed by atoms with Crippen LogP contribution >= 0.6 is 12.4 Å². The minimum Gasteiger partial charge on any atom is -0.465 e. The zero-order valence-electron chi connectivity index (χ0n) is 8.66. The van der Waals surface area contributed by atoms with Crippen molar-refractivity contribution in [3.8, 4) is 0 Å². The summed E-state index contributed by atoms with van der Waals surface area (Å²) in [7, 11) is 1.31. The van der Waals surface area contributed by atoms with Crippen LogP contribution in [-0.4, -0.2) is 37.7 Å². The van der Waals surface area contributed by atoms with E-state index < -0.39 is 24.1 Å². The van der Waals surface area contributed by atoms with Crippen LogP contribution in [0.3, 0.4) is 0 Å². The quantitative estimate of drug-likeness (QED) is 0.653. The summed E-state index contributed by atoms with van der Waals surface area (Å²) in [6.07, 6.45) is -2.14. The van der Waals surface area contributed by atoms with Crippen molar-refractivity contribution < 1.29 is 18.7 Å². The summed E-state index contributed by atoms with van der Waals surface area (Å²) in [4.78, 5) is 21.7. The zero-order valence-corrected chi connectivity index (χ0v) is 9.47. The van der Waals surface area contributed by atoms with Gasteiger partial charge in [-0.15, -0.1) is 12.4 Å². The summed E-state index contributed by atoms with van der Waals surface area (Å²) < 4.78 is 17.5. The molecule has 0 bridgehead atoms. The number of nitrogens with two attached hydrogens (primary N) is 1. The van der Waals surface area contributed by atoms with Gasteiger partial charge >= 0.3 is 5.97 Å². The van der Waals surface area contributed by atoms with Crippen molar-refractivity contribution >= 4 is 24.3 Å². The van der Waals surface area contributed by atoms with Crippen molar-refractivity contribution in [2.45, 2.75) is 25.6 Å². The van der Waals surface area contributed by atoms with Crippen LogP contribution in [0.1, 0.15) is 13.3 Å². The second-order valence-corrected chi connectivity index (χ2v) is 2.68. The summed E-state index contributed by atoms with van der Waals surface area (Å²) in [5.41, 5.74) is 5.30. The van der Waals surface area contributed by atoms with E-state index in [0.29, 0.717) is 0 Å². The lowest BCUT2D eigenvalue weighted by Gasteiger charge is -2.12. The van der Waals surface area contributed by atoms with Crippen LogP contribution < -0.4 is 11.1 Å². The molecular weight excluding hydrogens is 227 g/mol. The molecule has 90 valence electrons. The number of halogens is 2. The number of hydrogen-bond donors (Lipinski definition) is 2. The third-order valence-corrected chi connectivity index (χ3v) is 1.58. The number of amides is 1. The van der Waals surface area contributed by atoms with Crippen molar-refractivity contribution in [2.75, 3.05) is 13.7 Å². The number of nitrogens with one attached hydrogen (secondary N) is 1. The highest BCUT2D eigenvalue weighted by molar-refractivity contribution is 5.85. The van der Waals surface area contributed by atoms with Crippen LogP contribution in [0.5, 0.6) is 0 Å². The van der Waals surface area contributed by atoms with Gasteiger partial charge < -0.3 is 15.8 Å². The van der Waals surface area contributed by atoms with Crippen molar-refractivity contribution in [1.82, 2.24) is 5.32 Å². The highest BCUT2D eigenvalue weighted by Gasteiger charge is 2.24. The fourth-order valence-electron chi connectivity index (χ4n) is 0.832. The van der Waals surface area contributed by atoms with Gasteiger partial charge in [-0.1, -0.05) is 0 Å². The summed E-state index contributed by atoms with van der Waals surface area (Å²) in [5.74, 6) is -1.48. The lowest BCUT2D eigenvalue weighted by atomic mass is 10.1. The lowest BCUT2D eigenvalue weighted by Crippen LogP contribution is -2.39. The van der Waals surface area contributed by atoms with Gasteiger partial charge in [-0.05, 0) is 6.92 Å². The van der Waals surface area contributed by atoms with E-state index in [1.807, 2.05) is 0 Å². The van der Waals surface area contributed by atoms with E-state index in [9.17, 15) is 14.0 Å². The van der Waals surface area contributed by atoms with Gasteiger partial charge in [-0.2, -0.15) is 0 Å². The number of carbonyl (C=O) groups is 2. The molecule has 0 rings (SSSR count). The van der Waals surface area contributed by atoms with Crippen LogP contribution in [0.15, 0.2) is 0 Å². The van der Waals surface area contributed by atoms with Gasteiger partial charge in [0, 0.05) is 13.5 Å². The first-order chi connectivity index (χ1) is 6.52. The molecule has 0 aromatic heterocycles. The first-order valence-electron chi connectivity index (χ1n) is 4.30. The van der Waals surface area contributed by atoms with Crippen LogP contribution in [-0.2, 0) is 14.3 Å². The van der Waals surface area contributed by atoms with Gasteiger partial charge in [-0.25, -0.2) is 4.39 Å². The highest BCUT2D eigenvalue weighted by atomic mass is 35.5. The number of carbonyl (C=O) groups excluding carboxylic acids is 2. The minimum absolute atomic E-state index is 0. The topological polar surface area (TPSA) is 81.4 Å². The zero-order chi connectivity index (χ0) is 11.1. The average molecular weight is 243 g/mol. The van der Waals surface area contributed by atoms with Crippen molar-refractivity contribution in [2.24, 2.45) is 5.73 Å². The van der Waals surface area contributed by atoms with Gasteiger partial charge in [0.15, 0.2) is 6.17 Å². The van der Waals surface area contributed by atoms with Crippen molar-refractivity contribution in [3.05, 3.63) is 0 Å². The van der Waals surface area contributed by atoms with Gasteiger partial charge in [0.2, 0.25) is 0 Å². The van der Waals surface area contributed by atoms with Crippen LogP contribution in [0, 0.1) is 0 Å². The first kappa shape index (κ1) is 16.5. The van der Waals surface area contributed by atoms with E-state index >= 15 is 0 Å². The Labute approximate surface area is 93.9 Å². The Morgan fingerprint density at radius 2 is 2.07 bits per heavy atom. The SMILES string of the molecule is CCOC(=O)[C@@H](N)C[C@@H](F)C(=O)NC.Cl. The van der Waals surface area contributed by atoms with E-state index in [1.165, 1.54) is 7.05 Å². The van der Waals surface area contributed by atoms with Gasteiger partial charge in [-0.3, -0.25) is 9.59 Å². The van der Waals surface area contributed by atoms with E-state index in [0.717, 1.165) is 0 Å². The van der Waals surface area contributed by atoms with Crippen molar-refractivity contribution in [1.29, 1.82) is 0 Å². The predicted molar refractivity (Wildman–Crippen MR) is 55.4 cm³/mol. The fraction of sp³-hybridized carbons (Fsp3) is 0.750. The largest absolute Gasteiger partial charge is 0.465 e. The predicted octanol–water partition coefficient (Wildman–Crippen LogP) is -0.227. The molecule has 0 aromatic rings. The minimum atomic E-state index is -1.78. The Morgan fingerprint density at radius 3 is 2.47 bits per heavy atom. The molecule has 0 saturated heterocycles. The molecular formula is C8H16ClFN2O3. The molecule has 2 atom stereocenters. The molecule has 3 N–H and O–H groups in total. The number of rotatable bonds is 5. The van der Waals surface area contributed by atoms with E-state index in [-0.39, 0.29) is 25.4 Å². The third kappa shape index (κ3) is 6.24. The Hall–Kier alpha value is -0.880. The van der Waals surface area contributed by atoms with E-state index in [2.05, 4.69) is 10.1 Å². The second kappa shape index (κ2) is 8.43. The van der Waals surface area contributed by atoms with E-state index in [4.69, 9.17) is 5.73 Å². The molecule has 0 fully saturated rings. The van der Waals surface area contributed by atoms with Gasteiger partial charge in [0.1, 0.15) is 6.04 Å². The maximum Gasteiger partial charge on any atom is 0.323 e. The molecule has 0 heterocycles. The van der Waals surface area contributed by atoms with Crippen LogP contribution in [0.4, 0.5) is 4.39 Å². The fourth-order valence-corrected chi connectivity index (χ4v) is 0.832. The number of alkyl halides is 1. The van der Waals surface area contributed by atoms with Crippen LogP contribution in [0.25, 0.3) is 0 Å². The molecule has 0 aromatic carbocycles. The normalized spacial score (nSPS) is 13.3. The Bertz CT molecular complexity index is 216. The molecule has 0 spiro atoms. The van der Waals surface area contributed by atoms with E-state index in [1.54, 1.807) is 6.92 Å². The maximum atomic E-state index is 12.9. The smallest absolute Gasteiger partial charge is 0.323 e. The van der Waals surface area contributed by atoms with Crippen LogP contribution in [0.2, 0.25) is 0 Å². The number of ether oxygens (including phenoxy) is 1. The standard InChI is InChI=1S/C8H15FN2O3.ClH/c1-3-14-8(13)6(10)4-5(9)7(12)11-2;/h5-6H,3-4,10H2,1-2H3,(H,11,12);1H/t5-,6+;/m1./s1. The molecule has 0 aliphatic carbocycles. The monoisotopic (exact) mass is 242 g/mol. The summed E-state index contributed by atoms with van der Waals surface area (Å²) in [6.45, 7) is 1.81. The molecule has 1 amide bonds. The van der Waals surface area contributed by atoms with Gasteiger partial charge in [0.05, 0.1) is 6.61 Å². The number of hydrogen-bond acceptors (Lipinski definition) is 4. The second-order valence-electron chi connectivity index (χ2n) is 2.68. The Balaban J connectivity index is 0. The maximum absolute atomic E-state index is 12.9. The molecule has 0 unspecified atom stereocenters. The molecule has 5 nitrogen and oxygen atoms in total. The molecule has 0 radical (unpaired) electrons. The summed E-state index contributed by atoms with van der Waals surface area (Å²) >= 11 is 0. The lowest BCUT2D eigenvalue weighted by molar-refractivity contribution is -0.145. The molecule has 0 aliphatic rings. The van der Waals surface area contributed by atoms with Gasteiger partial charge in [0.25, 0.3) is 5.91 Å². The molecule has 0 saturated carbocycles. The molecule has 15 heavy (non-hydrogen) atoms. The third-order valence-electron chi connectivity index (χ3n) is 1.58. The Kier molecular flexibility index (Phi) is 9.30. The Morgan fingerprint density at radius 1 is 1.53 bits per heavy atom. The summed E-state index contributed by atoms with van der Waals surface area (Å²) in [6, 6.07) is -1.10. The molecule has 0 aliphatic heterocycles. The summed E-state index contributed by atoms with van der Waals surface area (Å²) in [5, 5.41) is 2.12. The highest BCUT2D eigenvalue weighted by Crippen LogP contribution is 2.02. The molecule has 7 heteroatoms. The number of esters is 1. The first-order valence-corrected chi connectivity index (χ1v) is 4.30. The average Bonchev–Trinajstić information content (AvgIpc) is 2.16.